The highest BCUT2D eigenvalue weighted by atomic mass is 35.5. The van der Waals surface area contributed by atoms with E-state index in [-0.39, 0.29) is 0 Å². The number of rotatable bonds is 4. The van der Waals surface area contributed by atoms with Gasteiger partial charge < -0.3 is 20.1 Å². The van der Waals surface area contributed by atoms with Gasteiger partial charge >= 0.3 is 0 Å². The zero-order chi connectivity index (χ0) is 15.2. The topological polar surface area (TPSA) is 55.4 Å². The van der Waals surface area contributed by atoms with Crippen LogP contribution in [0, 0.1) is 0 Å². The van der Waals surface area contributed by atoms with Crippen molar-refractivity contribution in [2.75, 3.05) is 24.9 Å². The molecule has 5 nitrogen and oxygen atoms in total. The molecule has 0 unspecified atom stereocenters. The van der Waals surface area contributed by atoms with Crippen molar-refractivity contribution < 1.29 is 9.47 Å². The molecule has 0 aliphatic carbocycles. The molecule has 2 aromatic rings. The molecule has 2 rings (SSSR count). The third-order valence-electron chi connectivity index (χ3n) is 2.62. The number of thiocarbonyl (C=S) groups is 1. The lowest BCUT2D eigenvalue weighted by molar-refractivity contribution is 0.405. The minimum Gasteiger partial charge on any atom is -0.497 e. The van der Waals surface area contributed by atoms with Gasteiger partial charge in [0.15, 0.2) is 5.11 Å². The number of nitrogens with one attached hydrogen (secondary N) is 2. The van der Waals surface area contributed by atoms with E-state index < -0.39 is 0 Å². The van der Waals surface area contributed by atoms with Crippen molar-refractivity contribution in [3.63, 3.8) is 0 Å². The molecule has 1 aromatic carbocycles. The molecule has 0 bridgehead atoms. The summed E-state index contributed by atoms with van der Waals surface area (Å²) >= 11 is 11.0. The van der Waals surface area contributed by atoms with Crippen LogP contribution in [-0.4, -0.2) is 24.3 Å². The van der Waals surface area contributed by atoms with Crippen molar-refractivity contribution in [1.82, 2.24) is 4.98 Å². The number of aromatic nitrogens is 1. The van der Waals surface area contributed by atoms with Crippen LogP contribution < -0.4 is 20.1 Å². The number of hydrogen-bond acceptors (Lipinski definition) is 4. The number of pyridine rings is 1. The monoisotopic (exact) mass is 323 g/mol. The fourth-order valence-electron chi connectivity index (χ4n) is 1.63. The maximum atomic E-state index is 5.78. The largest absolute Gasteiger partial charge is 0.497 e. The van der Waals surface area contributed by atoms with Crippen LogP contribution in [0.5, 0.6) is 11.5 Å². The van der Waals surface area contributed by atoms with Gasteiger partial charge in [0.05, 0.1) is 24.9 Å². The first-order valence-electron chi connectivity index (χ1n) is 6.04. The second-order valence-corrected chi connectivity index (χ2v) is 4.85. The molecular weight excluding hydrogens is 310 g/mol. The minimum atomic E-state index is 0.386. The molecule has 2 N–H and O–H groups in total. The highest BCUT2D eigenvalue weighted by molar-refractivity contribution is 7.80. The number of benzene rings is 1. The Morgan fingerprint density at radius 1 is 1.14 bits per heavy atom. The molecule has 0 spiro atoms. The smallest absolute Gasteiger partial charge is 0.176 e. The van der Waals surface area contributed by atoms with Gasteiger partial charge in [-0.3, -0.25) is 0 Å². The number of anilines is 2. The molecule has 1 aromatic heterocycles. The zero-order valence-electron chi connectivity index (χ0n) is 11.5. The molecule has 0 saturated carbocycles. The van der Waals surface area contributed by atoms with E-state index in [0.29, 0.717) is 33.1 Å². The van der Waals surface area contributed by atoms with Gasteiger partial charge in [-0.25, -0.2) is 4.98 Å². The lowest BCUT2D eigenvalue weighted by Crippen LogP contribution is -2.20. The summed E-state index contributed by atoms with van der Waals surface area (Å²) in [6.45, 7) is 0. The van der Waals surface area contributed by atoms with E-state index in [1.165, 1.54) is 0 Å². The van der Waals surface area contributed by atoms with Crippen LogP contribution in [0.3, 0.4) is 0 Å². The predicted molar refractivity (Wildman–Crippen MR) is 88.6 cm³/mol. The third kappa shape index (κ3) is 4.21. The molecule has 7 heteroatoms. The van der Waals surface area contributed by atoms with Gasteiger partial charge in [-0.2, -0.15) is 0 Å². The summed E-state index contributed by atoms with van der Waals surface area (Å²) in [5, 5.41) is 6.95. The van der Waals surface area contributed by atoms with E-state index in [0.717, 1.165) is 0 Å². The Morgan fingerprint density at radius 2 is 1.95 bits per heavy atom. The van der Waals surface area contributed by atoms with E-state index in [1.54, 1.807) is 50.7 Å². The fraction of sp³-hybridized carbons (Fsp3) is 0.143. The lowest BCUT2D eigenvalue weighted by Gasteiger charge is -2.14. The van der Waals surface area contributed by atoms with Crippen molar-refractivity contribution >= 4 is 40.4 Å². The molecular formula is C14H14ClN3O2S. The summed E-state index contributed by atoms with van der Waals surface area (Å²) in [5.74, 6) is 1.95. The summed E-state index contributed by atoms with van der Waals surface area (Å²) in [5.41, 5.74) is 0.698. The molecule has 110 valence electrons. The van der Waals surface area contributed by atoms with Crippen LogP contribution in [0.2, 0.25) is 5.02 Å². The fourth-order valence-corrected chi connectivity index (χ4v) is 1.96. The van der Waals surface area contributed by atoms with Crippen LogP contribution in [0.1, 0.15) is 0 Å². The summed E-state index contributed by atoms with van der Waals surface area (Å²) in [7, 11) is 3.18. The number of hydrogen-bond donors (Lipinski definition) is 2. The van der Waals surface area contributed by atoms with E-state index in [2.05, 4.69) is 15.6 Å². The van der Waals surface area contributed by atoms with Gasteiger partial charge in [-0.05, 0) is 36.5 Å². The Balaban J connectivity index is 2.09. The average Bonchev–Trinajstić information content (AvgIpc) is 2.49. The van der Waals surface area contributed by atoms with Gasteiger partial charge in [0.1, 0.15) is 17.3 Å². The lowest BCUT2D eigenvalue weighted by atomic mass is 10.2. The maximum Gasteiger partial charge on any atom is 0.176 e. The van der Waals surface area contributed by atoms with Crippen molar-refractivity contribution in [2.45, 2.75) is 0 Å². The van der Waals surface area contributed by atoms with Crippen molar-refractivity contribution in [2.24, 2.45) is 0 Å². The summed E-state index contributed by atoms with van der Waals surface area (Å²) in [6.07, 6.45) is 1.54. The van der Waals surface area contributed by atoms with Crippen molar-refractivity contribution in [3.05, 3.63) is 41.6 Å². The molecule has 0 fully saturated rings. The van der Waals surface area contributed by atoms with Crippen LogP contribution in [0.25, 0.3) is 0 Å². The summed E-state index contributed by atoms with van der Waals surface area (Å²) in [4.78, 5) is 4.11. The first-order valence-corrected chi connectivity index (χ1v) is 6.82. The highest BCUT2D eigenvalue weighted by Gasteiger charge is 2.07. The third-order valence-corrected chi connectivity index (χ3v) is 3.05. The van der Waals surface area contributed by atoms with Crippen LogP contribution in [-0.2, 0) is 0 Å². The van der Waals surface area contributed by atoms with Gasteiger partial charge in [-0.1, -0.05) is 11.6 Å². The van der Waals surface area contributed by atoms with Crippen molar-refractivity contribution in [1.29, 1.82) is 0 Å². The maximum absolute atomic E-state index is 5.78. The predicted octanol–water partition coefficient (Wildman–Crippen LogP) is 3.56. The van der Waals surface area contributed by atoms with E-state index >= 15 is 0 Å². The van der Waals surface area contributed by atoms with Gasteiger partial charge in [0, 0.05) is 12.3 Å². The summed E-state index contributed by atoms with van der Waals surface area (Å²) < 4.78 is 10.5. The quantitative estimate of drug-likeness (QED) is 0.839. The first kappa shape index (κ1) is 15.3. The Hall–Kier alpha value is -2.05. The number of ether oxygens (including phenoxy) is 2. The second-order valence-electron chi connectivity index (χ2n) is 4.01. The summed E-state index contributed by atoms with van der Waals surface area (Å²) in [6, 6.07) is 8.86. The number of halogens is 1. The molecule has 0 amide bonds. The Labute approximate surface area is 133 Å². The van der Waals surface area contributed by atoms with E-state index in [9.17, 15) is 0 Å². The van der Waals surface area contributed by atoms with E-state index in [4.69, 9.17) is 33.3 Å². The molecule has 0 radical (unpaired) electrons. The SMILES string of the molecule is COc1ccc(OC)c(NC(=S)Nc2ccc(Cl)cn2)c1. The molecule has 21 heavy (non-hydrogen) atoms. The molecule has 0 aliphatic heterocycles. The molecule has 1 heterocycles. The minimum absolute atomic E-state index is 0.386. The second kappa shape index (κ2) is 7.10. The van der Waals surface area contributed by atoms with Gasteiger partial charge in [0.2, 0.25) is 0 Å². The number of methoxy groups -OCH3 is 2. The Kier molecular flexibility index (Phi) is 5.19. The molecule has 0 aliphatic rings. The first-order chi connectivity index (χ1) is 10.1. The highest BCUT2D eigenvalue weighted by Crippen LogP contribution is 2.28. The average molecular weight is 324 g/mol. The molecule has 0 saturated heterocycles. The Morgan fingerprint density at radius 3 is 2.57 bits per heavy atom. The number of nitrogens with zero attached hydrogens (tertiary/aromatic N) is 1. The van der Waals surface area contributed by atoms with Crippen LogP contribution in [0.15, 0.2) is 36.5 Å². The van der Waals surface area contributed by atoms with Gasteiger partial charge in [0.25, 0.3) is 0 Å². The Bertz CT molecular complexity index is 635. The van der Waals surface area contributed by atoms with Crippen LogP contribution in [0.4, 0.5) is 11.5 Å². The van der Waals surface area contributed by atoms with Crippen LogP contribution >= 0.6 is 23.8 Å². The normalized spacial score (nSPS) is 9.86. The van der Waals surface area contributed by atoms with Gasteiger partial charge in [-0.15, -0.1) is 0 Å². The standard InChI is InChI=1S/C14H14ClN3O2S/c1-19-10-4-5-12(20-2)11(7-10)17-14(21)18-13-6-3-9(15)8-16-13/h3-8H,1-2H3,(H2,16,17,18,21). The zero-order valence-corrected chi connectivity index (χ0v) is 13.1. The van der Waals surface area contributed by atoms with Crippen molar-refractivity contribution in [3.8, 4) is 11.5 Å². The van der Waals surface area contributed by atoms with E-state index in [1.807, 2.05) is 0 Å². The molecule has 0 atom stereocenters.